The zero-order valence-electron chi connectivity index (χ0n) is 18.5. The van der Waals surface area contributed by atoms with Crippen molar-refractivity contribution in [3.63, 3.8) is 0 Å². The molecule has 0 unspecified atom stereocenters. The van der Waals surface area contributed by atoms with Crippen molar-refractivity contribution >= 4 is 5.91 Å². The third kappa shape index (κ3) is 6.26. The van der Waals surface area contributed by atoms with Gasteiger partial charge < -0.3 is 30.2 Å². The van der Waals surface area contributed by atoms with E-state index in [4.69, 9.17) is 9.47 Å². The Morgan fingerprint density at radius 2 is 2.10 bits per heavy atom. The van der Waals surface area contributed by atoms with Crippen LogP contribution in [0.2, 0.25) is 0 Å². The first-order valence-corrected chi connectivity index (χ1v) is 11.3. The second kappa shape index (κ2) is 10.7. The molecule has 1 saturated heterocycles. The van der Waals surface area contributed by atoms with Crippen LogP contribution in [-0.4, -0.2) is 64.7 Å². The molecule has 3 rings (SSSR count). The summed E-state index contributed by atoms with van der Waals surface area (Å²) in [6.07, 6.45) is 10.3. The average Bonchev–Trinajstić information content (AvgIpc) is 3.35. The normalized spacial score (nSPS) is 25.0. The maximum Gasteiger partial charge on any atom is 0.237 e. The molecular weight excluding hydrogens is 384 g/mol. The molecule has 2 fully saturated rings. The van der Waals surface area contributed by atoms with Crippen molar-refractivity contribution in [2.24, 2.45) is 5.92 Å². The summed E-state index contributed by atoms with van der Waals surface area (Å²) in [5.41, 5.74) is 0.459. The van der Waals surface area contributed by atoms with Gasteiger partial charge in [-0.3, -0.25) is 4.79 Å². The fourth-order valence-corrected chi connectivity index (χ4v) is 4.62. The summed E-state index contributed by atoms with van der Waals surface area (Å²) in [6.45, 7) is 4.21. The van der Waals surface area contributed by atoms with E-state index < -0.39 is 17.7 Å². The molecule has 0 spiro atoms. The van der Waals surface area contributed by atoms with E-state index in [2.05, 4.69) is 20.6 Å². The van der Waals surface area contributed by atoms with Crippen molar-refractivity contribution < 1.29 is 19.4 Å². The molecule has 8 nitrogen and oxygen atoms in total. The fourth-order valence-electron chi connectivity index (χ4n) is 4.62. The number of carbonyl (C=O) groups is 1. The number of ether oxygens (including phenoxy) is 2. The largest absolute Gasteiger partial charge is 0.391 e. The lowest BCUT2D eigenvalue weighted by atomic mass is 9.82. The molecule has 2 heterocycles. The molecule has 8 heteroatoms. The first kappa shape index (κ1) is 23.2. The number of nitrogens with zero attached hydrogens (tertiary/aromatic N) is 1. The van der Waals surface area contributed by atoms with E-state index in [1.807, 2.05) is 13.8 Å². The number of carbonyl (C=O) groups excluding carboxylic acids is 1. The number of hydrogen-bond acceptors (Lipinski definition) is 6. The Balaban J connectivity index is 1.65. The summed E-state index contributed by atoms with van der Waals surface area (Å²) in [4.78, 5) is 20.1. The molecule has 1 aromatic heterocycles. The highest BCUT2D eigenvalue weighted by molar-refractivity contribution is 5.82. The van der Waals surface area contributed by atoms with E-state index >= 15 is 0 Å². The van der Waals surface area contributed by atoms with Gasteiger partial charge in [0.05, 0.1) is 36.2 Å². The van der Waals surface area contributed by atoms with E-state index in [-0.39, 0.29) is 24.8 Å². The van der Waals surface area contributed by atoms with Crippen LogP contribution in [0.5, 0.6) is 0 Å². The average molecular weight is 423 g/mol. The molecule has 170 valence electrons. The van der Waals surface area contributed by atoms with Gasteiger partial charge in [0.15, 0.2) is 0 Å². The first-order chi connectivity index (χ1) is 14.4. The molecule has 1 saturated carbocycles. The van der Waals surface area contributed by atoms with Crippen LogP contribution in [-0.2, 0) is 20.7 Å². The van der Waals surface area contributed by atoms with Crippen LogP contribution < -0.4 is 10.6 Å². The monoisotopic (exact) mass is 422 g/mol. The number of aliphatic hydroxyl groups is 1. The zero-order chi connectivity index (χ0) is 21.6. The Labute approximate surface area is 179 Å². The second-order valence-electron chi connectivity index (χ2n) is 9.30. The number of rotatable bonds is 10. The number of aromatic amines is 1. The molecule has 30 heavy (non-hydrogen) atoms. The molecule has 0 radical (unpaired) electrons. The van der Waals surface area contributed by atoms with Gasteiger partial charge >= 0.3 is 0 Å². The summed E-state index contributed by atoms with van der Waals surface area (Å²) in [6, 6.07) is -0.702. The second-order valence-corrected chi connectivity index (χ2v) is 9.30. The van der Waals surface area contributed by atoms with Crippen LogP contribution in [0.15, 0.2) is 12.5 Å². The summed E-state index contributed by atoms with van der Waals surface area (Å²) in [7, 11) is 1.78. The van der Waals surface area contributed by atoms with Crippen LogP contribution in [0.3, 0.4) is 0 Å². The summed E-state index contributed by atoms with van der Waals surface area (Å²) >= 11 is 0. The molecule has 4 atom stereocenters. The highest BCUT2D eigenvalue weighted by Gasteiger charge is 2.40. The number of aliphatic hydroxyl groups excluding tert-OH is 1. The zero-order valence-corrected chi connectivity index (χ0v) is 18.5. The van der Waals surface area contributed by atoms with Gasteiger partial charge in [-0.05, 0) is 33.2 Å². The van der Waals surface area contributed by atoms with Crippen molar-refractivity contribution in [1.29, 1.82) is 0 Å². The van der Waals surface area contributed by atoms with Crippen molar-refractivity contribution in [1.82, 2.24) is 20.6 Å². The molecule has 1 amide bonds. The lowest BCUT2D eigenvalue weighted by Crippen LogP contribution is -2.53. The van der Waals surface area contributed by atoms with E-state index in [9.17, 15) is 9.90 Å². The van der Waals surface area contributed by atoms with E-state index in [1.54, 1.807) is 19.6 Å². The lowest BCUT2D eigenvalue weighted by molar-refractivity contribution is -0.125. The van der Waals surface area contributed by atoms with Crippen LogP contribution in [0, 0.1) is 5.92 Å². The predicted octanol–water partition coefficient (Wildman–Crippen LogP) is 1.90. The standard InChI is InChI=1S/C22H38N4O4/c1-22(2)20(29-14-30-22)11-19(27)17(9-15-7-5-4-6-8-15)26-21(28)18(23-3)10-16-12-24-13-25-16/h12-13,15,17-20,23,27H,4-11,14H2,1-3H3,(H,24,25)(H,26,28)/t17-,18-,19-,20-/m0/s1. The van der Waals surface area contributed by atoms with Crippen LogP contribution in [0.4, 0.5) is 0 Å². The van der Waals surface area contributed by atoms with Gasteiger partial charge in [0, 0.05) is 24.7 Å². The van der Waals surface area contributed by atoms with Crippen LogP contribution in [0.1, 0.15) is 64.5 Å². The highest BCUT2D eigenvalue weighted by atomic mass is 16.7. The number of aromatic nitrogens is 2. The summed E-state index contributed by atoms with van der Waals surface area (Å²) < 4.78 is 11.3. The number of hydrogen-bond donors (Lipinski definition) is 4. The number of likely N-dealkylation sites (N-methyl/N-ethyl adjacent to an activating group) is 1. The van der Waals surface area contributed by atoms with Crippen molar-refractivity contribution in [3.05, 3.63) is 18.2 Å². The van der Waals surface area contributed by atoms with Crippen molar-refractivity contribution in [2.75, 3.05) is 13.8 Å². The first-order valence-electron chi connectivity index (χ1n) is 11.3. The number of imidazole rings is 1. The predicted molar refractivity (Wildman–Crippen MR) is 114 cm³/mol. The Morgan fingerprint density at radius 1 is 1.33 bits per heavy atom. The Morgan fingerprint density at radius 3 is 2.70 bits per heavy atom. The van der Waals surface area contributed by atoms with E-state index in [0.29, 0.717) is 18.8 Å². The Bertz CT molecular complexity index is 646. The number of nitrogens with one attached hydrogen (secondary N) is 3. The van der Waals surface area contributed by atoms with E-state index in [1.165, 1.54) is 19.3 Å². The molecule has 0 bridgehead atoms. The molecule has 0 aromatic carbocycles. The Kier molecular flexibility index (Phi) is 8.27. The smallest absolute Gasteiger partial charge is 0.237 e. The minimum absolute atomic E-state index is 0.102. The van der Waals surface area contributed by atoms with Crippen LogP contribution >= 0.6 is 0 Å². The quantitative estimate of drug-likeness (QED) is 0.459. The maximum absolute atomic E-state index is 13.0. The van der Waals surface area contributed by atoms with Crippen molar-refractivity contribution in [3.8, 4) is 0 Å². The molecule has 4 N–H and O–H groups in total. The summed E-state index contributed by atoms with van der Waals surface area (Å²) in [5, 5.41) is 17.3. The van der Waals surface area contributed by atoms with Gasteiger partial charge in [-0.2, -0.15) is 0 Å². The maximum atomic E-state index is 13.0. The van der Waals surface area contributed by atoms with Gasteiger partial charge in [-0.15, -0.1) is 0 Å². The lowest BCUT2D eigenvalue weighted by Gasteiger charge is -2.33. The summed E-state index contributed by atoms with van der Waals surface area (Å²) in [5.74, 6) is 0.433. The topological polar surface area (TPSA) is 109 Å². The third-order valence-corrected chi connectivity index (χ3v) is 6.68. The van der Waals surface area contributed by atoms with Gasteiger partial charge in [-0.25, -0.2) is 4.98 Å². The third-order valence-electron chi connectivity index (χ3n) is 6.68. The number of amides is 1. The Hall–Kier alpha value is -1.48. The number of H-pyrrole nitrogens is 1. The fraction of sp³-hybridized carbons (Fsp3) is 0.818. The molecule has 1 aromatic rings. The minimum Gasteiger partial charge on any atom is -0.391 e. The minimum atomic E-state index is -0.688. The molecule has 2 aliphatic rings. The van der Waals surface area contributed by atoms with Crippen molar-refractivity contribution in [2.45, 2.75) is 95.1 Å². The van der Waals surface area contributed by atoms with E-state index in [0.717, 1.165) is 25.0 Å². The van der Waals surface area contributed by atoms with Gasteiger partial charge in [0.2, 0.25) is 5.91 Å². The molecule has 1 aliphatic heterocycles. The molecular formula is C22H38N4O4. The SMILES string of the molecule is CN[C@@H](Cc1cnc[nH]1)C(=O)N[C@@H](CC1CCCCC1)[C@@H](O)C[C@@H]1OCOC1(C)C. The van der Waals surface area contributed by atoms with Gasteiger partial charge in [-0.1, -0.05) is 32.1 Å². The van der Waals surface area contributed by atoms with Gasteiger partial charge in [0.1, 0.15) is 6.79 Å². The van der Waals surface area contributed by atoms with Gasteiger partial charge in [0.25, 0.3) is 0 Å². The highest BCUT2D eigenvalue weighted by Crippen LogP contribution is 2.31. The van der Waals surface area contributed by atoms with Crippen LogP contribution in [0.25, 0.3) is 0 Å². The molecule has 1 aliphatic carbocycles.